The Morgan fingerprint density at radius 1 is 1.07 bits per heavy atom. The van der Waals surface area contributed by atoms with Crippen molar-refractivity contribution in [3.63, 3.8) is 0 Å². The molecule has 4 nitrogen and oxygen atoms in total. The normalized spacial score (nSPS) is 22.2. The van der Waals surface area contributed by atoms with Gasteiger partial charge in [0.2, 0.25) is 0 Å². The minimum atomic E-state index is -0.417. The van der Waals surface area contributed by atoms with Gasteiger partial charge in [0, 0.05) is 10.4 Å². The van der Waals surface area contributed by atoms with E-state index in [4.69, 9.17) is 9.72 Å². The van der Waals surface area contributed by atoms with E-state index in [1.807, 2.05) is 0 Å². The van der Waals surface area contributed by atoms with Crippen LogP contribution >= 0.6 is 11.3 Å². The van der Waals surface area contributed by atoms with Crippen LogP contribution in [0.25, 0.3) is 5.57 Å². The Balaban J connectivity index is 1.48. The van der Waals surface area contributed by atoms with Crippen LogP contribution in [0.15, 0.2) is 24.3 Å². The number of rotatable bonds is 5. The van der Waals surface area contributed by atoms with Crippen molar-refractivity contribution in [2.75, 3.05) is 5.32 Å². The maximum Gasteiger partial charge on any atom is 0.187 e. The van der Waals surface area contributed by atoms with Crippen molar-refractivity contribution >= 4 is 27.7 Å². The van der Waals surface area contributed by atoms with Gasteiger partial charge in [0.25, 0.3) is 0 Å². The highest BCUT2D eigenvalue weighted by molar-refractivity contribution is 7.15. The number of nitrogens with zero attached hydrogens (tertiary/aromatic N) is 1. The van der Waals surface area contributed by atoms with Crippen molar-refractivity contribution in [1.82, 2.24) is 4.98 Å². The van der Waals surface area contributed by atoms with Crippen molar-refractivity contribution in [3.8, 4) is 5.75 Å². The number of aryl methyl sites for hydroxylation is 1. The van der Waals surface area contributed by atoms with Crippen LogP contribution in [0.4, 0.5) is 10.8 Å². The molecular formula is C23H28N2O2S. The lowest BCUT2D eigenvalue weighted by Crippen LogP contribution is -2.25. The van der Waals surface area contributed by atoms with Crippen LogP contribution in [0, 0.1) is 0 Å². The zero-order valence-electron chi connectivity index (χ0n) is 16.2. The van der Waals surface area contributed by atoms with Crippen LogP contribution < -0.4 is 10.1 Å². The number of allylic oxidation sites excluding steroid dienone is 2. The topological polar surface area (TPSA) is 54.4 Å². The predicted octanol–water partition coefficient (Wildman–Crippen LogP) is 6.15. The minimum absolute atomic E-state index is 0.331. The molecule has 0 spiro atoms. The lowest BCUT2D eigenvalue weighted by Gasteiger charge is -2.29. The number of fused-ring (bicyclic) bond motifs is 1. The summed E-state index contributed by atoms with van der Waals surface area (Å²) in [5.41, 5.74) is 4.51. The van der Waals surface area contributed by atoms with Gasteiger partial charge >= 0.3 is 0 Å². The molecule has 5 heteroatoms. The molecule has 0 radical (unpaired) electrons. The largest absolute Gasteiger partial charge is 0.488 e. The Kier molecular flexibility index (Phi) is 5.12. The van der Waals surface area contributed by atoms with Gasteiger partial charge in [-0.25, -0.2) is 4.98 Å². The second-order valence-corrected chi connectivity index (χ2v) is 9.27. The minimum Gasteiger partial charge on any atom is -0.488 e. The average molecular weight is 397 g/mol. The first-order valence-electron chi connectivity index (χ1n) is 10.7. The standard InChI is InChI=1S/C23H28N2O2S/c26-19-13-6-14-20-21(19)25-23(28-20)24-18-12-5-11-17(15-7-2-1-3-8-15)22(18)27-16-9-4-10-16/h5,7,11-12,16,19,26H,1-4,6,8-10,13-14H2,(H,24,25). The van der Waals surface area contributed by atoms with Crippen molar-refractivity contribution in [3.05, 3.63) is 40.4 Å². The van der Waals surface area contributed by atoms with Gasteiger partial charge in [-0.3, -0.25) is 0 Å². The van der Waals surface area contributed by atoms with Gasteiger partial charge < -0.3 is 15.2 Å². The van der Waals surface area contributed by atoms with Gasteiger partial charge in [-0.1, -0.05) is 18.2 Å². The molecule has 2 aromatic rings. The monoisotopic (exact) mass is 396 g/mol. The maximum atomic E-state index is 10.3. The Morgan fingerprint density at radius 2 is 2.00 bits per heavy atom. The van der Waals surface area contributed by atoms with Gasteiger partial charge in [0.1, 0.15) is 0 Å². The third-order valence-electron chi connectivity index (χ3n) is 6.15. The molecule has 3 aliphatic rings. The van der Waals surface area contributed by atoms with E-state index in [1.165, 1.54) is 35.3 Å². The highest BCUT2D eigenvalue weighted by Gasteiger charge is 2.26. The van der Waals surface area contributed by atoms with Crippen LogP contribution in [-0.4, -0.2) is 16.2 Å². The molecule has 28 heavy (non-hydrogen) atoms. The molecule has 0 bridgehead atoms. The summed E-state index contributed by atoms with van der Waals surface area (Å²) >= 11 is 1.67. The predicted molar refractivity (Wildman–Crippen MR) is 114 cm³/mol. The highest BCUT2D eigenvalue weighted by Crippen LogP contribution is 2.42. The molecule has 0 aliphatic heterocycles. The number of thiazole rings is 1. The van der Waals surface area contributed by atoms with Crippen molar-refractivity contribution in [2.45, 2.75) is 76.4 Å². The Bertz CT molecular complexity index is 885. The zero-order valence-corrected chi connectivity index (χ0v) is 17.1. The second-order valence-electron chi connectivity index (χ2n) is 8.19. The number of benzene rings is 1. The summed E-state index contributed by atoms with van der Waals surface area (Å²) in [5.74, 6) is 0.981. The van der Waals surface area contributed by atoms with Crippen molar-refractivity contribution < 1.29 is 9.84 Å². The molecular weight excluding hydrogens is 368 g/mol. The smallest absolute Gasteiger partial charge is 0.187 e. The van der Waals surface area contributed by atoms with Gasteiger partial charge in [0.05, 0.1) is 23.6 Å². The molecule has 3 aliphatic carbocycles. The van der Waals surface area contributed by atoms with Gasteiger partial charge in [-0.05, 0) is 75.8 Å². The quantitative estimate of drug-likeness (QED) is 0.637. The summed E-state index contributed by atoms with van der Waals surface area (Å²) in [4.78, 5) is 5.93. The third kappa shape index (κ3) is 3.58. The van der Waals surface area contributed by atoms with Crippen molar-refractivity contribution in [2.24, 2.45) is 0 Å². The average Bonchev–Trinajstić information content (AvgIpc) is 3.10. The summed E-state index contributed by atoms with van der Waals surface area (Å²) in [7, 11) is 0. The molecule has 1 saturated carbocycles. The molecule has 1 aromatic carbocycles. The van der Waals surface area contributed by atoms with Crippen LogP contribution in [0.3, 0.4) is 0 Å². The Hall–Kier alpha value is -1.85. The van der Waals surface area contributed by atoms with Crippen molar-refractivity contribution in [1.29, 1.82) is 0 Å². The molecule has 1 fully saturated rings. The van der Waals surface area contributed by atoms with E-state index in [1.54, 1.807) is 11.3 Å². The number of hydrogen-bond acceptors (Lipinski definition) is 5. The molecule has 1 unspecified atom stereocenters. The van der Waals surface area contributed by atoms with E-state index >= 15 is 0 Å². The molecule has 0 saturated heterocycles. The molecule has 2 N–H and O–H groups in total. The number of nitrogens with one attached hydrogen (secondary N) is 1. The highest BCUT2D eigenvalue weighted by atomic mass is 32.1. The lowest BCUT2D eigenvalue weighted by molar-refractivity contribution is 0.121. The number of hydrogen-bond donors (Lipinski definition) is 2. The summed E-state index contributed by atoms with van der Waals surface area (Å²) in [6.07, 6.45) is 13.5. The first kappa shape index (κ1) is 18.2. The maximum absolute atomic E-state index is 10.3. The van der Waals surface area contributed by atoms with E-state index < -0.39 is 6.10 Å². The third-order valence-corrected chi connectivity index (χ3v) is 7.20. The summed E-state index contributed by atoms with van der Waals surface area (Å²) in [6, 6.07) is 6.41. The molecule has 1 aromatic heterocycles. The number of ether oxygens (including phenoxy) is 1. The van der Waals surface area contributed by atoms with E-state index in [0.717, 1.165) is 67.2 Å². The Morgan fingerprint density at radius 3 is 2.75 bits per heavy atom. The number of aromatic nitrogens is 1. The number of aliphatic hydroxyl groups excluding tert-OH is 1. The Labute approximate surface area is 170 Å². The molecule has 1 atom stereocenters. The van der Waals surface area contributed by atoms with Crippen LogP contribution in [-0.2, 0) is 6.42 Å². The van der Waals surface area contributed by atoms with E-state index in [2.05, 4.69) is 29.6 Å². The fourth-order valence-electron chi connectivity index (χ4n) is 4.32. The molecule has 5 rings (SSSR count). The SMILES string of the molecule is OC1CCCc2sc(Nc3cccc(C4=CCCCC4)c3OC3CCC3)nc21. The van der Waals surface area contributed by atoms with Crippen LogP contribution in [0.1, 0.15) is 80.0 Å². The van der Waals surface area contributed by atoms with Gasteiger partial charge in [0.15, 0.2) is 10.9 Å². The van der Waals surface area contributed by atoms with E-state index in [9.17, 15) is 5.11 Å². The first-order chi connectivity index (χ1) is 13.8. The summed E-state index contributed by atoms with van der Waals surface area (Å²) in [5, 5.41) is 14.6. The molecule has 1 heterocycles. The summed E-state index contributed by atoms with van der Waals surface area (Å²) in [6.45, 7) is 0. The first-order valence-corrected chi connectivity index (χ1v) is 11.5. The van der Waals surface area contributed by atoms with Gasteiger partial charge in [-0.15, -0.1) is 11.3 Å². The summed E-state index contributed by atoms with van der Waals surface area (Å²) < 4.78 is 6.49. The van der Waals surface area contributed by atoms with E-state index in [0.29, 0.717) is 6.10 Å². The molecule has 0 amide bonds. The number of aliphatic hydroxyl groups is 1. The second kappa shape index (κ2) is 7.88. The number of anilines is 2. The van der Waals surface area contributed by atoms with E-state index in [-0.39, 0.29) is 0 Å². The van der Waals surface area contributed by atoms with Gasteiger partial charge in [-0.2, -0.15) is 0 Å². The van der Waals surface area contributed by atoms with Crippen LogP contribution in [0.2, 0.25) is 0 Å². The zero-order chi connectivity index (χ0) is 18.9. The number of para-hydroxylation sites is 1. The molecule has 148 valence electrons. The fourth-order valence-corrected chi connectivity index (χ4v) is 5.39. The lowest BCUT2D eigenvalue weighted by atomic mass is 9.92. The van der Waals surface area contributed by atoms with Crippen LogP contribution in [0.5, 0.6) is 5.75 Å². The fraction of sp³-hybridized carbons (Fsp3) is 0.522.